The first-order valence-corrected chi connectivity index (χ1v) is 20.5. The summed E-state index contributed by atoms with van der Waals surface area (Å²) in [7, 11) is 0. The molecule has 1 aromatic carbocycles. The summed E-state index contributed by atoms with van der Waals surface area (Å²) in [6.07, 6.45) is 2.00. The second kappa shape index (κ2) is 18.6. The van der Waals surface area contributed by atoms with Crippen LogP contribution in [0.2, 0.25) is 0 Å². The van der Waals surface area contributed by atoms with Gasteiger partial charge in [-0.1, -0.05) is 99.6 Å². The molecule has 312 valence electrons. The number of aromatic nitrogens is 1. The Morgan fingerprint density at radius 1 is 0.965 bits per heavy atom. The van der Waals surface area contributed by atoms with Crippen molar-refractivity contribution < 1.29 is 28.8 Å². The highest BCUT2D eigenvalue weighted by Crippen LogP contribution is 2.29. The molecule has 1 saturated heterocycles. The zero-order valence-electron chi connectivity index (χ0n) is 34.8. The SMILES string of the molecule is CC(C)[C@@H]1NC(=O)[C@@H]2[C@H](C)CCN2C(=O)CN=C(N[C@H](C(=O)N[C@H](C(=O)N[C@@H](CC(N)=O)c2nccs2)C(C)c2ccccc2)C(C)(C)C)[C@H](C(C)(C)C)NC1=O. The lowest BCUT2D eigenvalue weighted by Gasteiger charge is -2.39. The monoisotopic (exact) mass is 807 g/mol. The Bertz CT molecular complexity index is 1790. The molecule has 0 bridgehead atoms. The van der Waals surface area contributed by atoms with Gasteiger partial charge in [0.15, 0.2) is 0 Å². The molecular weight excluding hydrogens is 747 g/mol. The maximum atomic E-state index is 14.7. The van der Waals surface area contributed by atoms with Crippen LogP contribution in [0.1, 0.15) is 105 Å². The number of nitrogens with one attached hydrogen (secondary N) is 5. The number of primary amides is 1. The van der Waals surface area contributed by atoms with Crippen molar-refractivity contribution in [3.05, 3.63) is 52.5 Å². The van der Waals surface area contributed by atoms with E-state index in [1.165, 1.54) is 16.2 Å². The van der Waals surface area contributed by atoms with Crippen LogP contribution in [0.5, 0.6) is 0 Å². The van der Waals surface area contributed by atoms with Gasteiger partial charge in [0.05, 0.1) is 18.5 Å². The molecular formula is C41H61N9O6S. The maximum Gasteiger partial charge on any atom is 0.244 e. The van der Waals surface area contributed by atoms with Crippen LogP contribution in [0.4, 0.5) is 0 Å². The second-order valence-corrected chi connectivity index (χ2v) is 18.7. The van der Waals surface area contributed by atoms with Gasteiger partial charge in [0.2, 0.25) is 35.4 Å². The Morgan fingerprint density at radius 3 is 2.19 bits per heavy atom. The Balaban J connectivity index is 1.76. The second-order valence-electron chi connectivity index (χ2n) is 17.8. The average Bonchev–Trinajstić information content (AvgIpc) is 3.80. The summed E-state index contributed by atoms with van der Waals surface area (Å²) in [5, 5.41) is 17.5. The molecule has 8 atom stereocenters. The summed E-state index contributed by atoms with van der Waals surface area (Å²) in [5.74, 6) is -3.59. The number of amides is 6. The first-order valence-electron chi connectivity index (χ1n) is 19.6. The molecule has 7 N–H and O–H groups in total. The first-order chi connectivity index (χ1) is 26.6. The third kappa shape index (κ3) is 11.4. The quantitative estimate of drug-likeness (QED) is 0.198. The lowest BCUT2D eigenvalue weighted by atomic mass is 9.82. The number of carbonyl (C=O) groups is 6. The number of nitrogens with zero attached hydrogens (tertiary/aromatic N) is 3. The Hall–Kier alpha value is -4.86. The molecule has 57 heavy (non-hydrogen) atoms. The van der Waals surface area contributed by atoms with Crippen molar-refractivity contribution in [2.45, 2.75) is 124 Å². The minimum Gasteiger partial charge on any atom is -0.370 e. The number of nitrogens with two attached hydrogens (primary N) is 1. The number of amidine groups is 1. The van der Waals surface area contributed by atoms with Gasteiger partial charge >= 0.3 is 0 Å². The van der Waals surface area contributed by atoms with E-state index in [1.807, 2.05) is 99.6 Å². The highest BCUT2D eigenvalue weighted by Gasteiger charge is 2.44. The van der Waals surface area contributed by atoms with Crippen molar-refractivity contribution in [2.24, 2.45) is 33.4 Å². The van der Waals surface area contributed by atoms with Crippen LogP contribution >= 0.6 is 11.3 Å². The van der Waals surface area contributed by atoms with Gasteiger partial charge in [0, 0.05) is 24.0 Å². The van der Waals surface area contributed by atoms with Crippen molar-refractivity contribution >= 4 is 52.6 Å². The van der Waals surface area contributed by atoms with E-state index < -0.39 is 76.6 Å². The van der Waals surface area contributed by atoms with Gasteiger partial charge in [0.1, 0.15) is 41.6 Å². The van der Waals surface area contributed by atoms with Crippen molar-refractivity contribution in [3.8, 4) is 0 Å². The zero-order valence-corrected chi connectivity index (χ0v) is 35.7. The van der Waals surface area contributed by atoms with Gasteiger partial charge in [-0.05, 0) is 34.7 Å². The number of aliphatic imine (C=N–C) groups is 1. The maximum absolute atomic E-state index is 14.7. The highest BCUT2D eigenvalue weighted by atomic mass is 32.1. The van der Waals surface area contributed by atoms with Gasteiger partial charge in [-0.25, -0.2) is 4.98 Å². The van der Waals surface area contributed by atoms with E-state index >= 15 is 0 Å². The normalized spacial score (nSPS) is 23.0. The van der Waals surface area contributed by atoms with Crippen LogP contribution < -0.4 is 32.3 Å². The molecule has 0 aliphatic carbocycles. The molecule has 1 fully saturated rings. The van der Waals surface area contributed by atoms with Crippen LogP contribution in [-0.4, -0.2) is 94.5 Å². The average molecular weight is 808 g/mol. The fourth-order valence-corrected chi connectivity index (χ4v) is 7.98. The first kappa shape index (κ1) is 44.8. The summed E-state index contributed by atoms with van der Waals surface area (Å²) in [6.45, 7) is 18.8. The molecule has 2 aromatic rings. The van der Waals surface area contributed by atoms with E-state index in [9.17, 15) is 28.8 Å². The fourth-order valence-electron chi connectivity index (χ4n) is 7.29. The number of thiazole rings is 1. The standard InChI is InChI=1S/C41H61N9O6S/c1-22(2)29-35(53)49-32(40(5,6)7)34(44-21-28(52)50-18-16-23(3)31(50)37(55)46-29)48-33(41(8,9)10)38(56)47-30(24(4)25-14-12-11-13-15-25)36(54)45-26(20-27(42)51)39-43-17-19-57-39/h11-15,17,19,22-24,26,29-33H,16,18,20-21H2,1-10H3,(H2,42,51)(H,44,48)(H,45,54)(H,46,55)(H,47,56)(H,49,53)/t23-,24?,26+,29+,30+,31+,32-,33-/m1/s1. The van der Waals surface area contributed by atoms with Crippen molar-refractivity contribution in [2.75, 3.05) is 13.1 Å². The van der Waals surface area contributed by atoms with Gasteiger partial charge in [0.25, 0.3) is 0 Å². The lowest BCUT2D eigenvalue weighted by Crippen LogP contribution is -2.65. The van der Waals surface area contributed by atoms with E-state index in [2.05, 4.69) is 31.6 Å². The van der Waals surface area contributed by atoms with Crippen molar-refractivity contribution in [3.63, 3.8) is 0 Å². The van der Waals surface area contributed by atoms with Gasteiger partial charge in [-0.15, -0.1) is 11.3 Å². The van der Waals surface area contributed by atoms with Gasteiger partial charge < -0.3 is 37.2 Å². The molecule has 1 unspecified atom stereocenters. The topological polar surface area (TPSA) is 217 Å². The Labute approximate surface area is 340 Å². The number of hydrogen-bond acceptors (Lipinski definition) is 10. The molecule has 2 aliphatic heterocycles. The molecule has 15 nitrogen and oxygen atoms in total. The molecule has 6 amide bonds. The summed E-state index contributed by atoms with van der Waals surface area (Å²) in [4.78, 5) is 93.2. The predicted octanol–water partition coefficient (Wildman–Crippen LogP) is 2.79. The highest BCUT2D eigenvalue weighted by molar-refractivity contribution is 7.09. The summed E-state index contributed by atoms with van der Waals surface area (Å²) >= 11 is 1.27. The van der Waals surface area contributed by atoms with Crippen LogP contribution in [0, 0.1) is 22.7 Å². The van der Waals surface area contributed by atoms with Crippen LogP contribution in [-0.2, 0) is 28.8 Å². The zero-order chi connectivity index (χ0) is 42.4. The molecule has 1 aromatic heterocycles. The lowest BCUT2D eigenvalue weighted by molar-refractivity contribution is -0.140. The Morgan fingerprint density at radius 2 is 1.63 bits per heavy atom. The van der Waals surface area contributed by atoms with Gasteiger partial charge in [-0.3, -0.25) is 33.8 Å². The van der Waals surface area contributed by atoms with E-state index in [4.69, 9.17) is 10.7 Å². The molecule has 2 aliphatic rings. The third-order valence-electron chi connectivity index (χ3n) is 10.6. The minimum atomic E-state index is -1.12. The number of benzene rings is 1. The number of hydrogen-bond donors (Lipinski definition) is 6. The smallest absolute Gasteiger partial charge is 0.244 e. The molecule has 0 radical (unpaired) electrons. The van der Waals surface area contributed by atoms with Gasteiger partial charge in [-0.2, -0.15) is 0 Å². The van der Waals surface area contributed by atoms with Crippen LogP contribution in [0.25, 0.3) is 0 Å². The third-order valence-corrected chi connectivity index (χ3v) is 11.5. The predicted molar refractivity (Wildman–Crippen MR) is 220 cm³/mol. The molecule has 0 spiro atoms. The largest absolute Gasteiger partial charge is 0.370 e. The molecule has 4 rings (SSSR count). The van der Waals surface area contributed by atoms with Crippen LogP contribution in [0.3, 0.4) is 0 Å². The number of rotatable bonds is 11. The fraction of sp³-hybridized carbons (Fsp3) is 0.610. The van der Waals surface area contributed by atoms with E-state index in [-0.39, 0.29) is 42.5 Å². The number of fused-ring (bicyclic) bond motifs is 1. The molecule has 3 heterocycles. The van der Waals surface area contributed by atoms with E-state index in [1.54, 1.807) is 11.6 Å². The molecule has 0 saturated carbocycles. The summed E-state index contributed by atoms with van der Waals surface area (Å²) < 4.78 is 0. The summed E-state index contributed by atoms with van der Waals surface area (Å²) in [6, 6.07) is 3.80. The van der Waals surface area contributed by atoms with E-state index in [0.29, 0.717) is 18.0 Å². The van der Waals surface area contributed by atoms with Crippen LogP contribution in [0.15, 0.2) is 46.9 Å². The minimum absolute atomic E-state index is 0.123. The van der Waals surface area contributed by atoms with E-state index in [0.717, 1.165) is 5.56 Å². The summed E-state index contributed by atoms with van der Waals surface area (Å²) in [5.41, 5.74) is 4.85. The van der Waals surface area contributed by atoms with Crippen molar-refractivity contribution in [1.82, 2.24) is 36.5 Å². The molecule has 16 heteroatoms. The number of carbonyl (C=O) groups excluding carboxylic acids is 6. The van der Waals surface area contributed by atoms with Crippen molar-refractivity contribution in [1.29, 1.82) is 0 Å². The Kier molecular flexibility index (Phi) is 14.6.